The van der Waals surface area contributed by atoms with Crippen LogP contribution in [0.3, 0.4) is 0 Å². The number of hydrogen-bond donors (Lipinski definition) is 1. The highest BCUT2D eigenvalue weighted by Crippen LogP contribution is 2.37. The third-order valence-corrected chi connectivity index (χ3v) is 4.98. The summed E-state index contributed by atoms with van der Waals surface area (Å²) >= 11 is 2.35. The van der Waals surface area contributed by atoms with Crippen LogP contribution in [-0.4, -0.2) is 0 Å². The first-order chi connectivity index (χ1) is 9.74. The van der Waals surface area contributed by atoms with Crippen LogP contribution in [0.1, 0.15) is 47.9 Å². The van der Waals surface area contributed by atoms with Crippen molar-refractivity contribution in [3.8, 4) is 0 Å². The molecule has 0 amide bonds. The molecule has 1 nitrogen and oxygen atoms in total. The van der Waals surface area contributed by atoms with Crippen LogP contribution in [-0.2, 0) is 6.42 Å². The molecule has 2 heteroatoms. The number of hydrogen-bond acceptors (Lipinski definition) is 1. The fourth-order valence-electron chi connectivity index (χ4n) is 3.28. The summed E-state index contributed by atoms with van der Waals surface area (Å²) in [6.45, 7) is 0. The van der Waals surface area contributed by atoms with Crippen molar-refractivity contribution < 1.29 is 0 Å². The number of aryl methyl sites for hydroxylation is 1. The molecule has 0 radical (unpaired) electrons. The molecule has 3 rings (SSSR count). The minimum atomic E-state index is 0.140. The van der Waals surface area contributed by atoms with Gasteiger partial charge in [0.15, 0.2) is 0 Å². The van der Waals surface area contributed by atoms with Crippen molar-refractivity contribution in [3.05, 3.63) is 68.8 Å². The molecule has 0 saturated carbocycles. The largest absolute Gasteiger partial charge is 0.324 e. The summed E-state index contributed by atoms with van der Waals surface area (Å²) in [5.41, 5.74) is 10.8. The van der Waals surface area contributed by atoms with Crippen molar-refractivity contribution in [1.82, 2.24) is 0 Å². The average molecular weight is 377 g/mol. The van der Waals surface area contributed by atoms with E-state index in [-0.39, 0.29) is 6.04 Å². The van der Waals surface area contributed by atoms with Gasteiger partial charge in [-0.15, -0.1) is 0 Å². The van der Waals surface area contributed by atoms with Crippen molar-refractivity contribution in [2.75, 3.05) is 0 Å². The standard InChI is InChI=1S/C18H20IN/c19-16-9-4-8-15(11-16)18(20)12-14-7-3-6-13-5-1-2-10-17(13)14/h1-2,4-5,8-11,14,18H,3,6-7,12,20H2. The molecule has 2 aromatic rings. The Balaban J connectivity index is 1.79. The van der Waals surface area contributed by atoms with Gasteiger partial charge in [-0.2, -0.15) is 0 Å². The van der Waals surface area contributed by atoms with Gasteiger partial charge in [-0.05, 0) is 83.0 Å². The third-order valence-electron chi connectivity index (χ3n) is 4.31. The van der Waals surface area contributed by atoms with Crippen LogP contribution >= 0.6 is 22.6 Å². The van der Waals surface area contributed by atoms with Gasteiger partial charge in [0.2, 0.25) is 0 Å². The zero-order valence-corrected chi connectivity index (χ0v) is 13.7. The van der Waals surface area contributed by atoms with Gasteiger partial charge in [0, 0.05) is 9.61 Å². The molecular formula is C18H20IN. The van der Waals surface area contributed by atoms with Crippen molar-refractivity contribution >= 4 is 22.6 Å². The van der Waals surface area contributed by atoms with Gasteiger partial charge >= 0.3 is 0 Å². The lowest BCUT2D eigenvalue weighted by Crippen LogP contribution is -2.18. The van der Waals surface area contributed by atoms with Gasteiger partial charge in [0.25, 0.3) is 0 Å². The third kappa shape index (κ3) is 3.07. The Morgan fingerprint density at radius 3 is 2.85 bits per heavy atom. The highest BCUT2D eigenvalue weighted by molar-refractivity contribution is 14.1. The molecule has 104 valence electrons. The van der Waals surface area contributed by atoms with Crippen LogP contribution < -0.4 is 5.73 Å². The van der Waals surface area contributed by atoms with Crippen LogP contribution in [0.25, 0.3) is 0 Å². The van der Waals surface area contributed by atoms with E-state index in [9.17, 15) is 0 Å². The molecule has 2 unspecified atom stereocenters. The van der Waals surface area contributed by atoms with E-state index in [1.165, 1.54) is 39.5 Å². The Labute approximate surface area is 134 Å². The maximum Gasteiger partial charge on any atom is 0.0301 e. The fourth-order valence-corrected chi connectivity index (χ4v) is 3.85. The van der Waals surface area contributed by atoms with E-state index in [1.807, 2.05) is 0 Å². The van der Waals surface area contributed by atoms with E-state index in [0.29, 0.717) is 5.92 Å². The van der Waals surface area contributed by atoms with Crippen LogP contribution in [0, 0.1) is 3.57 Å². The fraction of sp³-hybridized carbons (Fsp3) is 0.333. The van der Waals surface area contributed by atoms with Crippen molar-refractivity contribution in [3.63, 3.8) is 0 Å². The minimum absolute atomic E-state index is 0.140. The van der Waals surface area contributed by atoms with Gasteiger partial charge in [-0.25, -0.2) is 0 Å². The summed E-state index contributed by atoms with van der Waals surface area (Å²) in [6, 6.07) is 17.6. The Morgan fingerprint density at radius 2 is 2.00 bits per heavy atom. The molecule has 2 aromatic carbocycles. The first-order valence-corrected chi connectivity index (χ1v) is 8.41. The number of nitrogens with two attached hydrogens (primary N) is 1. The van der Waals surface area contributed by atoms with Gasteiger partial charge in [0.05, 0.1) is 0 Å². The first-order valence-electron chi connectivity index (χ1n) is 7.33. The Hall–Kier alpha value is -0.870. The molecule has 0 heterocycles. The van der Waals surface area contributed by atoms with E-state index in [4.69, 9.17) is 5.73 Å². The monoisotopic (exact) mass is 377 g/mol. The molecule has 0 aromatic heterocycles. The predicted octanol–water partition coefficient (Wildman–Crippen LogP) is 4.80. The summed E-state index contributed by atoms with van der Waals surface area (Å²) in [5.74, 6) is 0.618. The SMILES string of the molecule is NC(CC1CCCc2ccccc21)c1cccc(I)c1. The van der Waals surface area contributed by atoms with E-state index in [2.05, 4.69) is 71.1 Å². The summed E-state index contributed by atoms with van der Waals surface area (Å²) in [6.07, 6.45) is 4.84. The maximum absolute atomic E-state index is 6.45. The molecule has 0 spiro atoms. The molecule has 20 heavy (non-hydrogen) atoms. The van der Waals surface area contributed by atoms with Crippen LogP contribution in [0.4, 0.5) is 0 Å². The normalized spacial score (nSPS) is 19.4. The van der Waals surface area contributed by atoms with Gasteiger partial charge < -0.3 is 5.73 Å². The van der Waals surface area contributed by atoms with E-state index >= 15 is 0 Å². The lowest BCUT2D eigenvalue weighted by Gasteiger charge is -2.28. The molecule has 1 aliphatic rings. The van der Waals surface area contributed by atoms with Crippen molar-refractivity contribution in [2.24, 2.45) is 5.73 Å². The number of rotatable bonds is 3. The Morgan fingerprint density at radius 1 is 1.15 bits per heavy atom. The van der Waals surface area contributed by atoms with Crippen LogP contribution in [0.2, 0.25) is 0 Å². The molecular weight excluding hydrogens is 357 g/mol. The summed E-state index contributed by atoms with van der Waals surface area (Å²) < 4.78 is 1.26. The lowest BCUT2D eigenvalue weighted by molar-refractivity contribution is 0.476. The van der Waals surface area contributed by atoms with Crippen LogP contribution in [0.5, 0.6) is 0 Å². The van der Waals surface area contributed by atoms with Gasteiger partial charge in [0.1, 0.15) is 0 Å². The second-order valence-corrected chi connectivity index (χ2v) is 6.93. The van der Waals surface area contributed by atoms with Gasteiger partial charge in [-0.1, -0.05) is 36.4 Å². The van der Waals surface area contributed by atoms with Crippen LogP contribution in [0.15, 0.2) is 48.5 Å². The molecule has 0 saturated heterocycles. The number of halogens is 1. The molecule has 0 fully saturated rings. The number of benzene rings is 2. The number of fused-ring (bicyclic) bond motifs is 1. The topological polar surface area (TPSA) is 26.0 Å². The van der Waals surface area contributed by atoms with E-state index in [0.717, 1.165) is 6.42 Å². The smallest absolute Gasteiger partial charge is 0.0301 e. The Kier molecular flexibility index (Phi) is 4.41. The minimum Gasteiger partial charge on any atom is -0.324 e. The zero-order chi connectivity index (χ0) is 13.9. The summed E-state index contributed by atoms with van der Waals surface area (Å²) in [4.78, 5) is 0. The summed E-state index contributed by atoms with van der Waals surface area (Å²) in [7, 11) is 0. The second kappa shape index (κ2) is 6.27. The molecule has 2 atom stereocenters. The van der Waals surface area contributed by atoms with E-state index < -0.39 is 0 Å². The average Bonchev–Trinajstić information content (AvgIpc) is 2.47. The Bertz CT molecular complexity index is 593. The molecule has 2 N–H and O–H groups in total. The van der Waals surface area contributed by atoms with Crippen molar-refractivity contribution in [2.45, 2.75) is 37.6 Å². The van der Waals surface area contributed by atoms with Gasteiger partial charge in [-0.3, -0.25) is 0 Å². The van der Waals surface area contributed by atoms with E-state index in [1.54, 1.807) is 0 Å². The lowest BCUT2D eigenvalue weighted by atomic mass is 9.79. The summed E-state index contributed by atoms with van der Waals surface area (Å²) in [5, 5.41) is 0. The molecule has 0 bridgehead atoms. The van der Waals surface area contributed by atoms with Crippen molar-refractivity contribution in [1.29, 1.82) is 0 Å². The highest BCUT2D eigenvalue weighted by Gasteiger charge is 2.22. The quantitative estimate of drug-likeness (QED) is 0.764. The zero-order valence-electron chi connectivity index (χ0n) is 11.6. The second-order valence-electron chi connectivity index (χ2n) is 5.69. The molecule has 0 aliphatic heterocycles. The predicted molar refractivity (Wildman–Crippen MR) is 92.8 cm³/mol. The molecule has 1 aliphatic carbocycles. The highest BCUT2D eigenvalue weighted by atomic mass is 127. The maximum atomic E-state index is 6.45. The first kappa shape index (κ1) is 14.1.